The van der Waals surface area contributed by atoms with Crippen molar-refractivity contribution in [3.8, 4) is 0 Å². The quantitative estimate of drug-likeness (QED) is 0.778. The second kappa shape index (κ2) is 5.49. The van der Waals surface area contributed by atoms with E-state index in [0.717, 1.165) is 22.3 Å². The number of hydrogen-bond donors (Lipinski definition) is 2. The van der Waals surface area contributed by atoms with Crippen molar-refractivity contribution in [2.45, 2.75) is 6.92 Å². The minimum atomic E-state index is -0.198. The molecule has 0 aliphatic rings. The summed E-state index contributed by atoms with van der Waals surface area (Å²) in [6.07, 6.45) is 1.59. The Balaban J connectivity index is 2.02. The van der Waals surface area contributed by atoms with Crippen molar-refractivity contribution < 1.29 is 4.79 Å². The fraction of sp³-hybridized carbons (Fsp3) is 0.133. The maximum absolute atomic E-state index is 12.4. The molecule has 21 heavy (non-hydrogen) atoms. The van der Waals surface area contributed by atoms with E-state index in [0.29, 0.717) is 10.7 Å². The number of amides is 1. The number of carbonyl (C=O) groups excluding carboxylic acids is 1. The van der Waals surface area contributed by atoms with Crippen LogP contribution in [0.1, 0.15) is 16.1 Å². The largest absolute Gasteiger partial charge is 0.373 e. The SMILES string of the molecule is CNc1ncc(C(=O)Nc2nc(C)cs2)c2ccccc12. The lowest BCUT2D eigenvalue weighted by molar-refractivity contribution is 0.102. The summed E-state index contributed by atoms with van der Waals surface area (Å²) in [4.78, 5) is 21.0. The lowest BCUT2D eigenvalue weighted by Gasteiger charge is -2.09. The molecule has 5 nitrogen and oxygen atoms in total. The van der Waals surface area contributed by atoms with Crippen molar-refractivity contribution >= 4 is 39.0 Å². The van der Waals surface area contributed by atoms with Gasteiger partial charge in [0.1, 0.15) is 5.82 Å². The first-order valence-corrected chi connectivity index (χ1v) is 7.36. The van der Waals surface area contributed by atoms with Crippen LogP contribution in [-0.2, 0) is 0 Å². The molecule has 1 amide bonds. The second-order valence-electron chi connectivity index (χ2n) is 4.56. The fourth-order valence-electron chi connectivity index (χ4n) is 2.15. The molecule has 3 aromatic rings. The van der Waals surface area contributed by atoms with Crippen LogP contribution in [0.3, 0.4) is 0 Å². The van der Waals surface area contributed by atoms with Gasteiger partial charge >= 0.3 is 0 Å². The number of nitrogens with zero attached hydrogens (tertiary/aromatic N) is 2. The first kappa shape index (κ1) is 13.5. The van der Waals surface area contributed by atoms with Crippen molar-refractivity contribution in [3.05, 3.63) is 47.1 Å². The molecule has 106 valence electrons. The highest BCUT2D eigenvalue weighted by atomic mass is 32.1. The Hall–Kier alpha value is -2.47. The minimum absolute atomic E-state index is 0.198. The molecule has 0 radical (unpaired) electrons. The molecule has 0 bridgehead atoms. The fourth-order valence-corrected chi connectivity index (χ4v) is 2.83. The molecule has 6 heteroatoms. The molecule has 0 unspecified atom stereocenters. The van der Waals surface area contributed by atoms with Crippen LogP contribution in [-0.4, -0.2) is 22.9 Å². The van der Waals surface area contributed by atoms with E-state index in [-0.39, 0.29) is 5.91 Å². The molecule has 2 heterocycles. The summed E-state index contributed by atoms with van der Waals surface area (Å²) in [5.74, 6) is 0.558. The number of nitrogens with one attached hydrogen (secondary N) is 2. The molecule has 3 rings (SSSR count). The number of benzene rings is 1. The number of anilines is 2. The zero-order chi connectivity index (χ0) is 14.8. The van der Waals surface area contributed by atoms with Gasteiger partial charge in [0.2, 0.25) is 0 Å². The number of rotatable bonds is 3. The van der Waals surface area contributed by atoms with E-state index in [4.69, 9.17) is 0 Å². The van der Waals surface area contributed by atoms with Gasteiger partial charge in [-0.25, -0.2) is 9.97 Å². The van der Waals surface area contributed by atoms with Crippen LogP contribution in [0, 0.1) is 6.92 Å². The van der Waals surface area contributed by atoms with Gasteiger partial charge in [0, 0.05) is 24.0 Å². The van der Waals surface area contributed by atoms with E-state index < -0.39 is 0 Å². The second-order valence-corrected chi connectivity index (χ2v) is 5.42. The third-order valence-electron chi connectivity index (χ3n) is 3.12. The zero-order valence-corrected chi connectivity index (χ0v) is 12.5. The summed E-state index contributed by atoms with van der Waals surface area (Å²) in [6.45, 7) is 1.89. The Morgan fingerprint density at radius 1 is 1.24 bits per heavy atom. The van der Waals surface area contributed by atoms with E-state index in [9.17, 15) is 4.79 Å². The number of aromatic nitrogens is 2. The lowest BCUT2D eigenvalue weighted by atomic mass is 10.1. The molecule has 0 aliphatic carbocycles. The topological polar surface area (TPSA) is 66.9 Å². The van der Waals surface area contributed by atoms with Crippen LogP contribution in [0.25, 0.3) is 10.8 Å². The van der Waals surface area contributed by atoms with Crippen molar-refractivity contribution in [1.29, 1.82) is 0 Å². The number of fused-ring (bicyclic) bond motifs is 1. The smallest absolute Gasteiger partial charge is 0.259 e. The molecule has 0 spiro atoms. The molecule has 0 aliphatic heterocycles. The average molecular weight is 298 g/mol. The summed E-state index contributed by atoms with van der Waals surface area (Å²) < 4.78 is 0. The summed E-state index contributed by atoms with van der Waals surface area (Å²) in [6, 6.07) is 7.70. The van der Waals surface area contributed by atoms with Crippen LogP contribution >= 0.6 is 11.3 Å². The van der Waals surface area contributed by atoms with Gasteiger partial charge < -0.3 is 5.32 Å². The summed E-state index contributed by atoms with van der Waals surface area (Å²) >= 11 is 1.41. The van der Waals surface area contributed by atoms with Gasteiger partial charge in [-0.1, -0.05) is 24.3 Å². The monoisotopic (exact) mass is 298 g/mol. The Morgan fingerprint density at radius 2 is 2.00 bits per heavy atom. The molecular formula is C15H14N4OS. The van der Waals surface area contributed by atoms with Gasteiger partial charge in [0.05, 0.1) is 11.3 Å². The van der Waals surface area contributed by atoms with Gasteiger partial charge in [0.15, 0.2) is 5.13 Å². The number of pyridine rings is 1. The van der Waals surface area contributed by atoms with Gasteiger partial charge in [-0.3, -0.25) is 10.1 Å². The predicted molar refractivity (Wildman–Crippen MR) is 86.1 cm³/mol. The standard InChI is InChI=1S/C15H14N4OS/c1-9-8-21-15(18-9)19-14(20)12-7-17-13(16-2)11-6-4-3-5-10(11)12/h3-8H,1-2H3,(H,16,17)(H,18,19,20). The first-order valence-electron chi connectivity index (χ1n) is 6.48. The average Bonchev–Trinajstić information content (AvgIpc) is 2.91. The van der Waals surface area contributed by atoms with Gasteiger partial charge in [0.25, 0.3) is 5.91 Å². The summed E-state index contributed by atoms with van der Waals surface area (Å²) in [5.41, 5.74) is 1.43. The number of aryl methyl sites for hydroxylation is 1. The third kappa shape index (κ3) is 2.57. The summed E-state index contributed by atoms with van der Waals surface area (Å²) in [7, 11) is 1.81. The van der Waals surface area contributed by atoms with Crippen LogP contribution < -0.4 is 10.6 Å². The van der Waals surface area contributed by atoms with Crippen molar-refractivity contribution in [2.75, 3.05) is 17.7 Å². The Kier molecular flexibility index (Phi) is 3.53. The molecule has 1 aromatic carbocycles. The van der Waals surface area contributed by atoms with Gasteiger partial charge in [-0.05, 0) is 12.3 Å². The maximum atomic E-state index is 12.4. The molecule has 0 fully saturated rings. The molecule has 0 atom stereocenters. The normalized spacial score (nSPS) is 10.6. The van der Waals surface area contributed by atoms with Gasteiger partial charge in [-0.2, -0.15) is 0 Å². The van der Waals surface area contributed by atoms with Gasteiger partial charge in [-0.15, -0.1) is 11.3 Å². The first-order chi connectivity index (χ1) is 10.2. The van der Waals surface area contributed by atoms with E-state index in [1.807, 2.05) is 43.6 Å². The number of carbonyl (C=O) groups is 1. The van der Waals surface area contributed by atoms with E-state index >= 15 is 0 Å². The minimum Gasteiger partial charge on any atom is -0.373 e. The maximum Gasteiger partial charge on any atom is 0.259 e. The number of hydrogen-bond acceptors (Lipinski definition) is 5. The molecule has 0 saturated carbocycles. The highest BCUT2D eigenvalue weighted by Gasteiger charge is 2.14. The predicted octanol–water partition coefficient (Wildman–Crippen LogP) is 3.29. The zero-order valence-electron chi connectivity index (χ0n) is 11.7. The Morgan fingerprint density at radius 3 is 2.67 bits per heavy atom. The van der Waals surface area contributed by atoms with Crippen molar-refractivity contribution in [2.24, 2.45) is 0 Å². The van der Waals surface area contributed by atoms with Crippen LogP contribution in [0.15, 0.2) is 35.8 Å². The molecule has 0 saturated heterocycles. The Labute approximate surface area is 126 Å². The van der Waals surface area contributed by atoms with E-state index in [1.165, 1.54) is 11.3 Å². The van der Waals surface area contributed by atoms with Crippen LogP contribution in [0.5, 0.6) is 0 Å². The molecule has 2 aromatic heterocycles. The Bertz CT molecular complexity index is 812. The molecule has 2 N–H and O–H groups in total. The molecular weight excluding hydrogens is 284 g/mol. The third-order valence-corrected chi connectivity index (χ3v) is 3.99. The van der Waals surface area contributed by atoms with Crippen molar-refractivity contribution in [1.82, 2.24) is 9.97 Å². The highest BCUT2D eigenvalue weighted by Crippen LogP contribution is 2.25. The van der Waals surface area contributed by atoms with E-state index in [1.54, 1.807) is 6.20 Å². The van der Waals surface area contributed by atoms with E-state index in [2.05, 4.69) is 20.6 Å². The lowest BCUT2D eigenvalue weighted by Crippen LogP contribution is -2.13. The van der Waals surface area contributed by atoms with Crippen LogP contribution in [0.2, 0.25) is 0 Å². The van der Waals surface area contributed by atoms with Crippen molar-refractivity contribution in [3.63, 3.8) is 0 Å². The summed E-state index contributed by atoms with van der Waals surface area (Å²) in [5, 5.41) is 10.1. The van der Waals surface area contributed by atoms with Crippen LogP contribution in [0.4, 0.5) is 10.9 Å². The highest BCUT2D eigenvalue weighted by molar-refractivity contribution is 7.13. The number of thiazole rings is 1.